The van der Waals surface area contributed by atoms with Crippen molar-refractivity contribution in [3.8, 4) is 5.75 Å². The molecule has 4 rings (SSSR count). The number of imidazole rings is 1. The molecule has 27 heavy (non-hydrogen) atoms. The van der Waals surface area contributed by atoms with Crippen molar-refractivity contribution in [3.05, 3.63) is 72.7 Å². The van der Waals surface area contributed by atoms with Crippen LogP contribution in [0.15, 0.2) is 59.7 Å². The Morgan fingerprint density at radius 3 is 3.11 bits per heavy atom. The fourth-order valence-electron chi connectivity index (χ4n) is 2.69. The first-order valence-electron chi connectivity index (χ1n) is 8.41. The van der Waals surface area contributed by atoms with Crippen molar-refractivity contribution in [2.45, 2.75) is 19.6 Å². The fourth-order valence-corrected chi connectivity index (χ4v) is 2.69. The van der Waals surface area contributed by atoms with Gasteiger partial charge in [0.1, 0.15) is 17.8 Å². The Kier molecular flexibility index (Phi) is 4.52. The maximum absolute atomic E-state index is 12.3. The zero-order chi connectivity index (χ0) is 18.6. The molecule has 0 unspecified atom stereocenters. The topological polar surface area (TPSA) is 106 Å². The molecule has 2 N–H and O–H groups in total. The van der Waals surface area contributed by atoms with Gasteiger partial charge in [-0.05, 0) is 19.1 Å². The van der Waals surface area contributed by atoms with E-state index < -0.39 is 0 Å². The molecule has 0 saturated carbocycles. The summed E-state index contributed by atoms with van der Waals surface area (Å²) in [6.45, 7) is 1.94. The SMILES string of the molecule is C[C@@H](NC(=O)c1coc(COc2cccc3cnccc23)n1)c1ncc[nH]1. The molecule has 0 spiro atoms. The number of H-pyrrole nitrogens is 1. The standard InChI is InChI=1S/C19H17N5O3/c1-12(18-21-7-8-22-18)23-19(25)15-10-27-17(24-15)11-26-16-4-2-3-13-9-20-6-5-14(13)16/h2-10,12H,11H2,1H3,(H,21,22)(H,23,25)/t12-/m1/s1. The number of aromatic nitrogens is 4. The van der Waals surface area contributed by atoms with E-state index in [1.54, 1.807) is 24.8 Å². The number of amides is 1. The lowest BCUT2D eigenvalue weighted by Crippen LogP contribution is -2.27. The fraction of sp³-hybridized carbons (Fsp3) is 0.158. The predicted octanol–water partition coefficient (Wildman–Crippen LogP) is 3.02. The van der Waals surface area contributed by atoms with E-state index in [-0.39, 0.29) is 24.2 Å². The Morgan fingerprint density at radius 2 is 2.26 bits per heavy atom. The maximum Gasteiger partial charge on any atom is 0.273 e. The molecule has 1 atom stereocenters. The molecule has 0 aliphatic carbocycles. The molecule has 8 nitrogen and oxygen atoms in total. The van der Waals surface area contributed by atoms with Crippen LogP contribution in [0.1, 0.15) is 35.2 Å². The Bertz CT molecular complexity index is 1050. The zero-order valence-corrected chi connectivity index (χ0v) is 14.5. The number of ether oxygens (including phenoxy) is 1. The van der Waals surface area contributed by atoms with Crippen LogP contribution in [-0.2, 0) is 6.61 Å². The summed E-state index contributed by atoms with van der Waals surface area (Å²) in [5, 5.41) is 4.74. The summed E-state index contributed by atoms with van der Waals surface area (Å²) in [5.74, 6) is 1.34. The van der Waals surface area contributed by atoms with Gasteiger partial charge < -0.3 is 19.5 Å². The number of pyridine rings is 1. The largest absolute Gasteiger partial charge is 0.483 e. The van der Waals surface area contributed by atoms with E-state index in [2.05, 4.69) is 25.3 Å². The second-order valence-electron chi connectivity index (χ2n) is 5.94. The highest BCUT2D eigenvalue weighted by Crippen LogP contribution is 2.25. The summed E-state index contributed by atoms with van der Waals surface area (Å²) in [7, 11) is 0. The first-order chi connectivity index (χ1) is 13.2. The second kappa shape index (κ2) is 7.28. The molecule has 0 saturated heterocycles. The van der Waals surface area contributed by atoms with Gasteiger partial charge in [0.2, 0.25) is 5.89 Å². The van der Waals surface area contributed by atoms with Crippen molar-refractivity contribution in [3.63, 3.8) is 0 Å². The lowest BCUT2D eigenvalue weighted by Gasteiger charge is -2.09. The smallest absolute Gasteiger partial charge is 0.273 e. The Labute approximate surface area is 154 Å². The summed E-state index contributed by atoms with van der Waals surface area (Å²) in [5.41, 5.74) is 0.189. The van der Waals surface area contributed by atoms with Gasteiger partial charge in [0.15, 0.2) is 12.3 Å². The molecule has 1 aromatic carbocycles. The van der Waals surface area contributed by atoms with Crippen molar-refractivity contribution in [1.82, 2.24) is 25.3 Å². The van der Waals surface area contributed by atoms with Gasteiger partial charge >= 0.3 is 0 Å². The third-order valence-corrected chi connectivity index (χ3v) is 4.05. The number of hydrogen-bond donors (Lipinski definition) is 2. The number of rotatable bonds is 6. The highest BCUT2D eigenvalue weighted by Gasteiger charge is 2.17. The van der Waals surface area contributed by atoms with Gasteiger partial charge in [-0.1, -0.05) is 12.1 Å². The Balaban J connectivity index is 1.41. The molecule has 0 fully saturated rings. The summed E-state index contributed by atoms with van der Waals surface area (Å²) in [6, 6.07) is 7.33. The van der Waals surface area contributed by atoms with E-state index in [4.69, 9.17) is 9.15 Å². The number of nitrogens with one attached hydrogen (secondary N) is 2. The maximum atomic E-state index is 12.3. The molecule has 3 heterocycles. The van der Waals surface area contributed by atoms with Crippen molar-refractivity contribution < 1.29 is 13.9 Å². The van der Waals surface area contributed by atoms with Crippen LogP contribution in [0, 0.1) is 0 Å². The van der Waals surface area contributed by atoms with Gasteiger partial charge in [-0.3, -0.25) is 9.78 Å². The van der Waals surface area contributed by atoms with Gasteiger partial charge in [-0.25, -0.2) is 9.97 Å². The van der Waals surface area contributed by atoms with Gasteiger partial charge in [0, 0.05) is 35.6 Å². The summed E-state index contributed by atoms with van der Waals surface area (Å²) in [6.07, 6.45) is 8.13. The van der Waals surface area contributed by atoms with Gasteiger partial charge in [-0.15, -0.1) is 0 Å². The zero-order valence-electron chi connectivity index (χ0n) is 14.5. The van der Waals surface area contributed by atoms with E-state index in [0.717, 1.165) is 10.8 Å². The van der Waals surface area contributed by atoms with Crippen LogP contribution in [0.4, 0.5) is 0 Å². The molecular weight excluding hydrogens is 346 g/mol. The van der Waals surface area contributed by atoms with Gasteiger partial charge in [0.05, 0.1) is 6.04 Å². The number of aromatic amines is 1. The highest BCUT2D eigenvalue weighted by molar-refractivity contribution is 5.92. The minimum atomic E-state index is -0.342. The molecule has 3 aromatic heterocycles. The minimum Gasteiger partial charge on any atom is -0.483 e. The van der Waals surface area contributed by atoms with Gasteiger partial charge in [0.25, 0.3) is 5.91 Å². The summed E-state index contributed by atoms with van der Waals surface area (Å²) in [4.78, 5) is 27.7. The number of hydrogen-bond acceptors (Lipinski definition) is 6. The van der Waals surface area contributed by atoms with Crippen LogP contribution in [0.5, 0.6) is 5.75 Å². The molecule has 0 radical (unpaired) electrons. The summed E-state index contributed by atoms with van der Waals surface area (Å²) >= 11 is 0. The lowest BCUT2D eigenvalue weighted by molar-refractivity contribution is 0.0933. The normalized spacial score (nSPS) is 12.0. The first-order valence-corrected chi connectivity index (χ1v) is 8.41. The molecule has 4 aromatic rings. The van der Waals surface area contributed by atoms with Crippen LogP contribution in [0.25, 0.3) is 10.8 Å². The van der Waals surface area contributed by atoms with Crippen LogP contribution >= 0.6 is 0 Å². The molecule has 0 aliphatic heterocycles. The quantitative estimate of drug-likeness (QED) is 0.545. The van der Waals surface area contributed by atoms with Crippen LogP contribution in [0.2, 0.25) is 0 Å². The minimum absolute atomic E-state index is 0.114. The number of carbonyl (C=O) groups excluding carboxylic acids is 1. The predicted molar refractivity (Wildman–Crippen MR) is 97.0 cm³/mol. The van der Waals surface area contributed by atoms with E-state index >= 15 is 0 Å². The average Bonchev–Trinajstić information content (AvgIpc) is 3.38. The number of oxazole rings is 1. The number of fused-ring (bicyclic) bond motifs is 1. The van der Waals surface area contributed by atoms with Crippen molar-refractivity contribution in [2.24, 2.45) is 0 Å². The van der Waals surface area contributed by atoms with E-state index in [0.29, 0.717) is 17.5 Å². The van der Waals surface area contributed by atoms with E-state index in [1.165, 1.54) is 6.26 Å². The second-order valence-corrected chi connectivity index (χ2v) is 5.94. The van der Waals surface area contributed by atoms with Gasteiger partial charge in [-0.2, -0.15) is 0 Å². The van der Waals surface area contributed by atoms with Crippen LogP contribution in [-0.4, -0.2) is 25.8 Å². The number of benzene rings is 1. The molecule has 8 heteroatoms. The molecule has 0 bridgehead atoms. The number of nitrogens with zero attached hydrogens (tertiary/aromatic N) is 3. The first kappa shape index (κ1) is 16.8. The Hall–Kier alpha value is -3.68. The molecule has 0 aliphatic rings. The van der Waals surface area contributed by atoms with Crippen molar-refractivity contribution in [2.75, 3.05) is 0 Å². The lowest BCUT2D eigenvalue weighted by atomic mass is 10.1. The average molecular weight is 363 g/mol. The van der Waals surface area contributed by atoms with Crippen molar-refractivity contribution in [1.29, 1.82) is 0 Å². The Morgan fingerprint density at radius 1 is 1.33 bits per heavy atom. The summed E-state index contributed by atoms with van der Waals surface area (Å²) < 4.78 is 11.2. The molecule has 136 valence electrons. The van der Waals surface area contributed by atoms with Crippen LogP contribution < -0.4 is 10.1 Å². The number of carbonyl (C=O) groups is 1. The molecular formula is C19H17N5O3. The monoisotopic (exact) mass is 363 g/mol. The van der Waals surface area contributed by atoms with Crippen molar-refractivity contribution >= 4 is 16.7 Å². The third kappa shape index (κ3) is 3.64. The molecule has 1 amide bonds. The third-order valence-electron chi connectivity index (χ3n) is 4.05. The highest BCUT2D eigenvalue weighted by atomic mass is 16.5. The van der Waals surface area contributed by atoms with Crippen LogP contribution in [0.3, 0.4) is 0 Å². The van der Waals surface area contributed by atoms with E-state index in [1.807, 2.05) is 31.2 Å². The van der Waals surface area contributed by atoms with E-state index in [9.17, 15) is 4.79 Å².